The van der Waals surface area contributed by atoms with Crippen molar-refractivity contribution < 1.29 is 19.4 Å². The lowest BCUT2D eigenvalue weighted by Crippen LogP contribution is -2.53. The molecule has 96 valence electrons. The smallest absolute Gasteiger partial charge is 0.307 e. The third-order valence-corrected chi connectivity index (χ3v) is 3.38. The number of nitrogens with zero attached hydrogens (tertiary/aromatic N) is 1. The van der Waals surface area contributed by atoms with E-state index in [1.165, 1.54) is 0 Å². The molecule has 2 unspecified atom stereocenters. The molecule has 0 radical (unpaired) electrons. The normalized spacial score (nSPS) is 30.0. The molecule has 2 aliphatic heterocycles. The lowest BCUT2D eigenvalue weighted by atomic mass is 9.94. The van der Waals surface area contributed by atoms with E-state index in [0.717, 1.165) is 0 Å². The fourth-order valence-corrected chi connectivity index (χ4v) is 2.28. The predicted molar refractivity (Wildman–Crippen MR) is 59.5 cm³/mol. The SMILES string of the molecule is O=C(O)C1CCC(C(=O)N2CCOCC2)NC1. The molecule has 2 heterocycles. The second-order valence-corrected chi connectivity index (χ2v) is 4.51. The number of amides is 1. The number of piperidine rings is 1. The Morgan fingerprint density at radius 3 is 2.47 bits per heavy atom. The van der Waals surface area contributed by atoms with Crippen molar-refractivity contribution in [2.45, 2.75) is 18.9 Å². The highest BCUT2D eigenvalue weighted by Gasteiger charge is 2.32. The molecule has 0 spiro atoms. The minimum atomic E-state index is -0.783. The van der Waals surface area contributed by atoms with Gasteiger partial charge in [0.25, 0.3) is 0 Å². The molecule has 0 saturated carbocycles. The third-order valence-electron chi connectivity index (χ3n) is 3.38. The maximum absolute atomic E-state index is 12.1. The Labute approximate surface area is 99.9 Å². The molecule has 0 bridgehead atoms. The van der Waals surface area contributed by atoms with Gasteiger partial charge in [0.15, 0.2) is 0 Å². The lowest BCUT2D eigenvalue weighted by Gasteiger charge is -2.33. The third kappa shape index (κ3) is 2.95. The molecular formula is C11H18N2O4. The summed E-state index contributed by atoms with van der Waals surface area (Å²) in [5.41, 5.74) is 0. The molecule has 2 fully saturated rings. The van der Waals surface area contributed by atoms with Gasteiger partial charge in [-0.15, -0.1) is 0 Å². The van der Waals surface area contributed by atoms with Crippen LogP contribution in [0.4, 0.5) is 0 Å². The van der Waals surface area contributed by atoms with Crippen LogP contribution in [0.2, 0.25) is 0 Å². The van der Waals surface area contributed by atoms with Crippen LogP contribution in [0.15, 0.2) is 0 Å². The fourth-order valence-electron chi connectivity index (χ4n) is 2.28. The van der Waals surface area contributed by atoms with Crippen molar-refractivity contribution in [1.82, 2.24) is 10.2 Å². The number of carbonyl (C=O) groups excluding carboxylic acids is 1. The van der Waals surface area contributed by atoms with Crippen molar-refractivity contribution in [2.75, 3.05) is 32.8 Å². The summed E-state index contributed by atoms with van der Waals surface area (Å²) in [6.07, 6.45) is 1.18. The average molecular weight is 242 g/mol. The number of hydrogen-bond donors (Lipinski definition) is 2. The molecule has 2 rings (SSSR count). The number of nitrogens with one attached hydrogen (secondary N) is 1. The summed E-state index contributed by atoms with van der Waals surface area (Å²) in [7, 11) is 0. The maximum atomic E-state index is 12.1. The topological polar surface area (TPSA) is 78.9 Å². The van der Waals surface area contributed by atoms with Gasteiger partial charge in [-0.2, -0.15) is 0 Å². The van der Waals surface area contributed by atoms with E-state index in [1.807, 2.05) is 0 Å². The second kappa shape index (κ2) is 5.46. The van der Waals surface area contributed by atoms with Crippen LogP contribution in [-0.2, 0) is 14.3 Å². The van der Waals surface area contributed by atoms with Crippen molar-refractivity contribution >= 4 is 11.9 Å². The summed E-state index contributed by atoms with van der Waals surface area (Å²) in [4.78, 5) is 24.7. The predicted octanol–water partition coefficient (Wildman–Crippen LogP) is -0.702. The number of carboxylic acid groups (broad SMARTS) is 1. The standard InChI is InChI=1S/C11H18N2O4/c14-10(13-3-5-17-6-4-13)9-2-1-8(7-12-9)11(15)16/h8-9,12H,1-7H2,(H,15,16). The van der Waals surface area contributed by atoms with Gasteiger partial charge in [0.05, 0.1) is 25.2 Å². The molecule has 2 saturated heterocycles. The fraction of sp³-hybridized carbons (Fsp3) is 0.818. The van der Waals surface area contributed by atoms with E-state index in [4.69, 9.17) is 9.84 Å². The number of hydrogen-bond acceptors (Lipinski definition) is 4. The van der Waals surface area contributed by atoms with Crippen LogP contribution < -0.4 is 5.32 Å². The zero-order valence-corrected chi connectivity index (χ0v) is 9.72. The number of ether oxygens (including phenoxy) is 1. The van der Waals surface area contributed by atoms with Gasteiger partial charge in [-0.25, -0.2) is 0 Å². The largest absolute Gasteiger partial charge is 0.481 e. The molecule has 6 nitrogen and oxygen atoms in total. The Kier molecular flexibility index (Phi) is 3.96. The van der Waals surface area contributed by atoms with E-state index in [0.29, 0.717) is 45.7 Å². The molecule has 1 amide bonds. The summed E-state index contributed by atoms with van der Waals surface area (Å²) in [5, 5.41) is 11.9. The lowest BCUT2D eigenvalue weighted by molar-refractivity contribution is -0.145. The zero-order valence-electron chi connectivity index (χ0n) is 9.72. The Hall–Kier alpha value is -1.14. The van der Waals surface area contributed by atoms with Crippen LogP contribution in [0, 0.1) is 5.92 Å². The van der Waals surface area contributed by atoms with Crippen molar-refractivity contribution in [1.29, 1.82) is 0 Å². The van der Waals surface area contributed by atoms with E-state index in [1.54, 1.807) is 4.90 Å². The molecule has 0 aromatic carbocycles. The first-order chi connectivity index (χ1) is 8.18. The average Bonchev–Trinajstić information content (AvgIpc) is 2.39. The van der Waals surface area contributed by atoms with Gasteiger partial charge >= 0.3 is 5.97 Å². The minimum Gasteiger partial charge on any atom is -0.481 e. The zero-order chi connectivity index (χ0) is 12.3. The summed E-state index contributed by atoms with van der Waals surface area (Å²) in [6.45, 7) is 2.85. The number of morpholine rings is 1. The van der Waals surface area contributed by atoms with Gasteiger partial charge in [-0.1, -0.05) is 0 Å². The van der Waals surface area contributed by atoms with Gasteiger partial charge in [0.2, 0.25) is 5.91 Å². The number of carbonyl (C=O) groups is 2. The minimum absolute atomic E-state index is 0.0807. The van der Waals surface area contributed by atoms with Crippen LogP contribution in [0.25, 0.3) is 0 Å². The van der Waals surface area contributed by atoms with E-state index < -0.39 is 5.97 Å². The van der Waals surface area contributed by atoms with E-state index in [-0.39, 0.29) is 17.9 Å². The molecule has 0 aromatic heterocycles. The summed E-state index contributed by atoms with van der Waals surface area (Å²) in [5.74, 6) is -1.06. The molecule has 2 aliphatic rings. The Morgan fingerprint density at radius 2 is 1.94 bits per heavy atom. The number of aliphatic carboxylic acids is 1. The molecule has 2 atom stereocenters. The first kappa shape index (κ1) is 12.3. The highest BCUT2D eigenvalue weighted by Crippen LogP contribution is 2.16. The summed E-state index contributed by atoms with van der Waals surface area (Å²) >= 11 is 0. The maximum Gasteiger partial charge on any atom is 0.307 e. The monoisotopic (exact) mass is 242 g/mol. The van der Waals surface area contributed by atoms with Crippen molar-refractivity contribution in [3.8, 4) is 0 Å². The van der Waals surface area contributed by atoms with Gasteiger partial charge in [-0.3, -0.25) is 9.59 Å². The summed E-state index contributed by atoms with van der Waals surface area (Å²) in [6, 6.07) is -0.219. The Balaban J connectivity index is 1.83. The highest BCUT2D eigenvalue weighted by atomic mass is 16.5. The van der Waals surface area contributed by atoms with Crippen LogP contribution in [0.1, 0.15) is 12.8 Å². The molecule has 6 heteroatoms. The first-order valence-corrected chi connectivity index (χ1v) is 6.01. The number of rotatable bonds is 2. The highest BCUT2D eigenvalue weighted by molar-refractivity contribution is 5.82. The second-order valence-electron chi connectivity index (χ2n) is 4.51. The number of carboxylic acids is 1. The van der Waals surface area contributed by atoms with Crippen LogP contribution in [0.5, 0.6) is 0 Å². The quantitative estimate of drug-likeness (QED) is 0.669. The molecule has 17 heavy (non-hydrogen) atoms. The van der Waals surface area contributed by atoms with E-state index in [2.05, 4.69) is 5.32 Å². The summed E-state index contributed by atoms with van der Waals surface area (Å²) < 4.78 is 5.19. The first-order valence-electron chi connectivity index (χ1n) is 6.01. The molecular weight excluding hydrogens is 224 g/mol. The van der Waals surface area contributed by atoms with Gasteiger partial charge in [0, 0.05) is 19.6 Å². The van der Waals surface area contributed by atoms with Crippen molar-refractivity contribution in [2.24, 2.45) is 5.92 Å². The van der Waals surface area contributed by atoms with Gasteiger partial charge in [-0.05, 0) is 12.8 Å². The van der Waals surface area contributed by atoms with Crippen molar-refractivity contribution in [3.05, 3.63) is 0 Å². The van der Waals surface area contributed by atoms with Crippen LogP contribution in [0.3, 0.4) is 0 Å². The van der Waals surface area contributed by atoms with E-state index >= 15 is 0 Å². The molecule has 2 N–H and O–H groups in total. The molecule has 0 aromatic rings. The van der Waals surface area contributed by atoms with Crippen LogP contribution in [-0.4, -0.2) is 60.8 Å². The Morgan fingerprint density at radius 1 is 1.24 bits per heavy atom. The van der Waals surface area contributed by atoms with Crippen molar-refractivity contribution in [3.63, 3.8) is 0 Å². The van der Waals surface area contributed by atoms with Gasteiger partial charge < -0.3 is 20.1 Å². The van der Waals surface area contributed by atoms with E-state index in [9.17, 15) is 9.59 Å². The van der Waals surface area contributed by atoms with Gasteiger partial charge in [0.1, 0.15) is 0 Å². The molecule has 0 aliphatic carbocycles. The van der Waals surface area contributed by atoms with Crippen LogP contribution >= 0.6 is 0 Å². The Bertz CT molecular complexity index is 294.